The fourth-order valence-corrected chi connectivity index (χ4v) is 0.968. The smallest absolute Gasteiger partial charge is 0.108 e. The first-order valence-corrected chi connectivity index (χ1v) is 2.93. The molecule has 48 valence electrons. The molecule has 1 fully saturated rings. The molecule has 2 aliphatic heterocycles. The molecule has 0 aromatic rings. The number of nitrogens with zero attached hydrogens (tertiary/aromatic N) is 1. The number of nitrogens with one attached hydrogen (secondary N) is 3. The predicted octanol–water partition coefficient (Wildman–Crippen LogP) is -1.06. The zero-order chi connectivity index (χ0) is 6.10. The van der Waals surface area contributed by atoms with Crippen LogP contribution in [0.1, 0.15) is 0 Å². The largest absolute Gasteiger partial charge is 0.351 e. The molecule has 4 nitrogen and oxygen atoms in total. The maximum absolute atomic E-state index is 4.16. The van der Waals surface area contributed by atoms with Crippen molar-refractivity contribution in [1.29, 1.82) is 0 Å². The summed E-state index contributed by atoms with van der Waals surface area (Å²) < 4.78 is 0. The molecule has 2 rings (SSSR count). The van der Waals surface area contributed by atoms with Crippen molar-refractivity contribution in [3.8, 4) is 0 Å². The highest BCUT2D eigenvalue weighted by Gasteiger charge is 2.19. The summed E-state index contributed by atoms with van der Waals surface area (Å²) in [5.41, 5.74) is 7.11. The summed E-state index contributed by atoms with van der Waals surface area (Å²) in [6, 6.07) is 0.311. The third-order valence-electron chi connectivity index (χ3n) is 1.45. The molecule has 3 N–H and O–H groups in total. The minimum atomic E-state index is 0.311. The lowest BCUT2D eigenvalue weighted by Gasteiger charge is -2.08. The van der Waals surface area contributed by atoms with Gasteiger partial charge in [-0.2, -0.15) is 0 Å². The summed E-state index contributed by atoms with van der Waals surface area (Å²) in [6.07, 6.45) is 3.63. The van der Waals surface area contributed by atoms with Crippen molar-refractivity contribution in [2.75, 3.05) is 6.54 Å². The van der Waals surface area contributed by atoms with Gasteiger partial charge in [0, 0.05) is 12.7 Å². The topological polar surface area (TPSA) is 48.5 Å². The lowest BCUT2D eigenvalue weighted by molar-refractivity contribution is 0.711. The van der Waals surface area contributed by atoms with Crippen LogP contribution in [0.3, 0.4) is 0 Å². The van der Waals surface area contributed by atoms with E-state index in [2.05, 4.69) is 21.2 Å². The summed E-state index contributed by atoms with van der Waals surface area (Å²) in [5, 5.41) is 2.90. The Kier molecular flexibility index (Phi) is 0.927. The number of fused-ring (bicyclic) bond motifs is 1. The third-order valence-corrected chi connectivity index (χ3v) is 1.45. The maximum atomic E-state index is 4.16. The predicted molar refractivity (Wildman–Crippen MR) is 34.6 cm³/mol. The Bertz CT molecular complexity index is 172. The van der Waals surface area contributed by atoms with E-state index in [9.17, 15) is 0 Å². The van der Waals surface area contributed by atoms with Crippen LogP contribution in [0, 0.1) is 0 Å². The molecule has 1 atom stereocenters. The number of hydrazine groups is 1. The van der Waals surface area contributed by atoms with Crippen molar-refractivity contribution in [2.45, 2.75) is 6.04 Å². The van der Waals surface area contributed by atoms with Gasteiger partial charge in [-0.3, -0.25) is 4.99 Å². The molecular weight excluding hydrogens is 116 g/mol. The molecule has 0 spiro atoms. The van der Waals surface area contributed by atoms with Crippen LogP contribution in [0.5, 0.6) is 0 Å². The highest BCUT2D eigenvalue weighted by atomic mass is 15.4. The molecule has 2 aliphatic rings. The Labute approximate surface area is 53.0 Å². The van der Waals surface area contributed by atoms with Gasteiger partial charge in [-0.15, -0.1) is 0 Å². The molecule has 0 saturated carbocycles. The monoisotopic (exact) mass is 124 g/mol. The summed E-state index contributed by atoms with van der Waals surface area (Å²) in [7, 11) is 0. The Morgan fingerprint density at radius 1 is 1.67 bits per heavy atom. The molecule has 0 radical (unpaired) electrons. The summed E-state index contributed by atoms with van der Waals surface area (Å²) in [6.45, 7) is 0.893. The van der Waals surface area contributed by atoms with Crippen molar-refractivity contribution < 1.29 is 0 Å². The Morgan fingerprint density at radius 2 is 2.67 bits per heavy atom. The molecule has 0 bridgehead atoms. The number of aliphatic imine (C=N–C) groups is 1. The van der Waals surface area contributed by atoms with Gasteiger partial charge in [0.2, 0.25) is 0 Å². The summed E-state index contributed by atoms with van der Waals surface area (Å²) >= 11 is 0. The van der Waals surface area contributed by atoms with Crippen LogP contribution >= 0.6 is 0 Å². The van der Waals surface area contributed by atoms with Crippen molar-refractivity contribution in [3.05, 3.63) is 11.9 Å². The third kappa shape index (κ3) is 0.675. The van der Waals surface area contributed by atoms with Gasteiger partial charge in [-0.25, -0.2) is 5.43 Å². The summed E-state index contributed by atoms with van der Waals surface area (Å²) in [4.78, 5) is 4.16. The fourth-order valence-electron chi connectivity index (χ4n) is 0.968. The SMILES string of the molecule is C1=NC2CNNC2=CN1. The van der Waals surface area contributed by atoms with Gasteiger partial charge >= 0.3 is 0 Å². The second-order valence-corrected chi connectivity index (χ2v) is 2.07. The first kappa shape index (κ1) is 4.81. The van der Waals surface area contributed by atoms with E-state index in [-0.39, 0.29) is 0 Å². The standard InChI is InChI=1S/C5H8N4/c1-5-4(2-8-9-5)7-3-6-1/h1,3-4,8-9H,2H2,(H,6,7). The first-order valence-electron chi connectivity index (χ1n) is 2.93. The fraction of sp³-hybridized carbons (Fsp3) is 0.400. The number of rotatable bonds is 0. The van der Waals surface area contributed by atoms with Gasteiger partial charge < -0.3 is 10.7 Å². The minimum Gasteiger partial charge on any atom is -0.351 e. The van der Waals surface area contributed by atoms with Gasteiger partial charge in [0.1, 0.15) is 6.04 Å². The molecular formula is C5H8N4. The molecule has 0 aliphatic carbocycles. The second kappa shape index (κ2) is 1.73. The molecule has 2 heterocycles. The van der Waals surface area contributed by atoms with Gasteiger partial charge in [-0.1, -0.05) is 0 Å². The van der Waals surface area contributed by atoms with E-state index in [0.717, 1.165) is 12.2 Å². The van der Waals surface area contributed by atoms with E-state index in [1.807, 2.05) is 6.20 Å². The molecule has 1 saturated heterocycles. The molecule has 0 aromatic carbocycles. The lowest BCUT2D eigenvalue weighted by atomic mass is 10.2. The van der Waals surface area contributed by atoms with Crippen LogP contribution < -0.4 is 16.2 Å². The molecule has 0 aromatic heterocycles. The minimum absolute atomic E-state index is 0.311. The average Bonchev–Trinajstić information content (AvgIpc) is 2.33. The van der Waals surface area contributed by atoms with Crippen molar-refractivity contribution in [2.24, 2.45) is 4.99 Å². The van der Waals surface area contributed by atoms with Crippen LogP contribution in [0.25, 0.3) is 0 Å². The van der Waals surface area contributed by atoms with Gasteiger partial charge in [0.25, 0.3) is 0 Å². The van der Waals surface area contributed by atoms with Gasteiger partial charge in [0.05, 0.1) is 12.0 Å². The van der Waals surface area contributed by atoms with E-state index in [1.165, 1.54) is 0 Å². The quantitative estimate of drug-likeness (QED) is 0.385. The zero-order valence-electron chi connectivity index (χ0n) is 4.89. The van der Waals surface area contributed by atoms with Crippen molar-refractivity contribution >= 4 is 6.34 Å². The van der Waals surface area contributed by atoms with E-state index in [4.69, 9.17) is 0 Å². The van der Waals surface area contributed by atoms with Gasteiger partial charge in [-0.05, 0) is 0 Å². The lowest BCUT2D eigenvalue weighted by Crippen LogP contribution is -2.22. The molecule has 1 unspecified atom stereocenters. The van der Waals surface area contributed by atoms with Crippen LogP contribution in [0.4, 0.5) is 0 Å². The van der Waals surface area contributed by atoms with Crippen molar-refractivity contribution in [1.82, 2.24) is 16.2 Å². The number of hydrogen-bond acceptors (Lipinski definition) is 4. The second-order valence-electron chi connectivity index (χ2n) is 2.07. The van der Waals surface area contributed by atoms with E-state index in [1.54, 1.807) is 6.34 Å². The highest BCUT2D eigenvalue weighted by molar-refractivity contribution is 5.59. The molecule has 4 heteroatoms. The molecule has 0 amide bonds. The first-order chi connectivity index (χ1) is 4.47. The van der Waals surface area contributed by atoms with E-state index < -0.39 is 0 Å². The highest BCUT2D eigenvalue weighted by Crippen LogP contribution is 2.06. The average molecular weight is 124 g/mol. The van der Waals surface area contributed by atoms with Crippen LogP contribution in [-0.4, -0.2) is 18.9 Å². The summed E-state index contributed by atoms with van der Waals surface area (Å²) in [5.74, 6) is 0. The Hall–Kier alpha value is -1.03. The number of hydrogen-bond donors (Lipinski definition) is 3. The van der Waals surface area contributed by atoms with Crippen LogP contribution in [0.2, 0.25) is 0 Å². The van der Waals surface area contributed by atoms with Crippen LogP contribution in [-0.2, 0) is 0 Å². The van der Waals surface area contributed by atoms with Gasteiger partial charge in [0.15, 0.2) is 0 Å². The zero-order valence-corrected chi connectivity index (χ0v) is 4.89. The van der Waals surface area contributed by atoms with Crippen molar-refractivity contribution in [3.63, 3.8) is 0 Å². The van der Waals surface area contributed by atoms with E-state index >= 15 is 0 Å². The van der Waals surface area contributed by atoms with E-state index in [0.29, 0.717) is 6.04 Å². The Morgan fingerprint density at radius 3 is 3.56 bits per heavy atom. The Balaban J connectivity index is 2.22. The van der Waals surface area contributed by atoms with Crippen LogP contribution in [0.15, 0.2) is 16.9 Å². The normalized spacial score (nSPS) is 30.2. The molecule has 9 heavy (non-hydrogen) atoms. The maximum Gasteiger partial charge on any atom is 0.108 e.